The van der Waals surface area contributed by atoms with Gasteiger partial charge in [0.1, 0.15) is 11.9 Å². The maximum atomic E-state index is 12.6. The third-order valence-corrected chi connectivity index (χ3v) is 4.67. The molecule has 3 rings (SSSR count). The molecule has 0 saturated heterocycles. The lowest BCUT2D eigenvalue weighted by Crippen LogP contribution is -2.49. The third-order valence-electron chi connectivity index (χ3n) is 4.67. The van der Waals surface area contributed by atoms with Gasteiger partial charge >= 0.3 is 5.97 Å². The zero-order valence-corrected chi connectivity index (χ0v) is 16.3. The van der Waals surface area contributed by atoms with Crippen molar-refractivity contribution in [2.75, 3.05) is 6.61 Å². The molecular formula is C23H23N3O3. The highest BCUT2D eigenvalue weighted by Gasteiger charge is 2.32. The fourth-order valence-corrected chi connectivity index (χ4v) is 3.28. The minimum Gasteiger partial charge on any atom is -0.508 e. The van der Waals surface area contributed by atoms with Gasteiger partial charge in [0.05, 0.1) is 29.9 Å². The molecule has 148 valence electrons. The Morgan fingerprint density at radius 1 is 1.21 bits per heavy atom. The molecule has 2 aromatic rings. The minimum atomic E-state index is -0.408. The van der Waals surface area contributed by atoms with Crippen LogP contribution in [0.15, 0.2) is 71.9 Å². The molecule has 0 aliphatic carbocycles. The average Bonchev–Trinajstić information content (AvgIpc) is 2.74. The number of ether oxygens (including phenoxy) is 1. The number of nitrogens with one attached hydrogen (secondary N) is 2. The number of carbonyl (C=O) groups is 1. The van der Waals surface area contributed by atoms with E-state index in [1.807, 2.05) is 37.3 Å². The van der Waals surface area contributed by atoms with Crippen molar-refractivity contribution in [1.82, 2.24) is 10.6 Å². The molecule has 6 heteroatoms. The van der Waals surface area contributed by atoms with Crippen LogP contribution in [0.4, 0.5) is 0 Å². The first kappa shape index (κ1) is 20.2. The first-order valence-corrected chi connectivity index (χ1v) is 9.40. The highest BCUT2D eigenvalue weighted by atomic mass is 16.5. The van der Waals surface area contributed by atoms with Crippen LogP contribution in [0.25, 0.3) is 5.76 Å². The second-order valence-corrected chi connectivity index (χ2v) is 6.63. The maximum Gasteiger partial charge on any atom is 0.337 e. The molecule has 0 amide bonds. The van der Waals surface area contributed by atoms with Crippen LogP contribution < -0.4 is 10.6 Å². The summed E-state index contributed by atoms with van der Waals surface area (Å²) in [4.78, 5) is 12.6. The fraction of sp³-hybridized carbons (Fsp3) is 0.217. The van der Waals surface area contributed by atoms with Gasteiger partial charge in [0.2, 0.25) is 0 Å². The molecule has 2 atom stereocenters. The zero-order valence-electron chi connectivity index (χ0n) is 16.3. The molecule has 2 aromatic carbocycles. The summed E-state index contributed by atoms with van der Waals surface area (Å²) in [5, 5.41) is 26.0. The van der Waals surface area contributed by atoms with Gasteiger partial charge in [0, 0.05) is 11.3 Å². The highest BCUT2D eigenvalue weighted by Crippen LogP contribution is 2.29. The number of hydrogen-bond donors (Lipinski definition) is 3. The smallest absolute Gasteiger partial charge is 0.337 e. The van der Waals surface area contributed by atoms with Crippen LogP contribution in [0.2, 0.25) is 0 Å². The molecule has 0 spiro atoms. The zero-order chi connectivity index (χ0) is 20.8. The molecule has 0 fully saturated rings. The molecule has 2 unspecified atom stereocenters. The number of nitriles is 1. The van der Waals surface area contributed by atoms with Gasteiger partial charge in [-0.05, 0) is 49.8 Å². The van der Waals surface area contributed by atoms with Crippen LogP contribution in [0.3, 0.4) is 0 Å². The number of carbonyl (C=O) groups excluding carboxylic acids is 1. The average molecular weight is 389 g/mol. The second-order valence-electron chi connectivity index (χ2n) is 6.63. The van der Waals surface area contributed by atoms with E-state index in [0.717, 1.165) is 5.56 Å². The van der Waals surface area contributed by atoms with E-state index < -0.39 is 6.17 Å². The number of esters is 1. The van der Waals surface area contributed by atoms with E-state index in [0.29, 0.717) is 29.0 Å². The minimum absolute atomic E-state index is 0.0682. The summed E-state index contributed by atoms with van der Waals surface area (Å²) < 4.78 is 5.24. The van der Waals surface area contributed by atoms with Crippen LogP contribution >= 0.6 is 0 Å². The largest absolute Gasteiger partial charge is 0.508 e. The molecule has 1 aliphatic heterocycles. The predicted molar refractivity (Wildman–Crippen MR) is 110 cm³/mol. The van der Waals surface area contributed by atoms with E-state index in [1.165, 1.54) is 0 Å². The number of rotatable bonds is 5. The molecular weight excluding hydrogens is 366 g/mol. The Balaban J connectivity index is 1.92. The quantitative estimate of drug-likeness (QED) is 0.535. The summed E-state index contributed by atoms with van der Waals surface area (Å²) in [6.45, 7) is 3.89. The summed E-state index contributed by atoms with van der Waals surface area (Å²) in [5.41, 5.74) is 3.25. The van der Waals surface area contributed by atoms with E-state index in [2.05, 4.69) is 16.7 Å². The molecule has 0 bridgehead atoms. The number of hydrogen-bond acceptors (Lipinski definition) is 6. The lowest BCUT2D eigenvalue weighted by Gasteiger charge is -2.34. The topological polar surface area (TPSA) is 94.4 Å². The van der Waals surface area contributed by atoms with E-state index >= 15 is 0 Å². The van der Waals surface area contributed by atoms with Crippen molar-refractivity contribution >= 4 is 11.7 Å². The molecule has 6 nitrogen and oxygen atoms in total. The summed E-state index contributed by atoms with van der Waals surface area (Å²) >= 11 is 0. The maximum absolute atomic E-state index is 12.6. The molecule has 0 aromatic heterocycles. The molecule has 1 aliphatic rings. The van der Waals surface area contributed by atoms with Crippen molar-refractivity contribution in [3.05, 3.63) is 88.6 Å². The van der Waals surface area contributed by atoms with Gasteiger partial charge in [-0.3, -0.25) is 5.32 Å². The van der Waals surface area contributed by atoms with Crippen LogP contribution in [-0.2, 0) is 9.53 Å². The standard InChI is InChI=1S/C23H23N3O3/c1-3-29-23(28)21-15(2)25-20(26-22(21)18-7-5-4-6-8-18)13-19(27)17-11-9-16(14-24)10-12-17/h4-13,20,22,25-27H,3H2,1-2H3/b19-13-. The second kappa shape index (κ2) is 9.09. The lowest BCUT2D eigenvalue weighted by atomic mass is 9.94. The molecule has 0 radical (unpaired) electrons. The van der Waals surface area contributed by atoms with Crippen molar-refractivity contribution in [2.45, 2.75) is 26.1 Å². The Labute approximate surface area is 170 Å². The first-order chi connectivity index (χ1) is 14.0. The molecule has 29 heavy (non-hydrogen) atoms. The normalized spacial score (nSPS) is 19.3. The van der Waals surface area contributed by atoms with Crippen molar-refractivity contribution in [3.8, 4) is 6.07 Å². The van der Waals surface area contributed by atoms with Crippen molar-refractivity contribution in [2.24, 2.45) is 0 Å². The Bertz CT molecular complexity index is 973. The number of aliphatic hydroxyl groups excluding tert-OH is 1. The summed E-state index contributed by atoms with van der Waals surface area (Å²) in [5.74, 6) is -0.309. The predicted octanol–water partition coefficient (Wildman–Crippen LogP) is 3.55. The van der Waals surface area contributed by atoms with Crippen molar-refractivity contribution < 1.29 is 14.6 Å². The van der Waals surface area contributed by atoms with E-state index in [9.17, 15) is 9.90 Å². The van der Waals surface area contributed by atoms with E-state index in [-0.39, 0.29) is 17.8 Å². The van der Waals surface area contributed by atoms with Gasteiger partial charge < -0.3 is 15.2 Å². The monoisotopic (exact) mass is 389 g/mol. The van der Waals surface area contributed by atoms with Crippen molar-refractivity contribution in [3.63, 3.8) is 0 Å². The summed E-state index contributed by atoms with van der Waals surface area (Å²) in [6.07, 6.45) is 1.23. The summed E-state index contributed by atoms with van der Waals surface area (Å²) in [6, 6.07) is 18.0. The first-order valence-electron chi connectivity index (χ1n) is 9.40. The van der Waals surface area contributed by atoms with E-state index in [4.69, 9.17) is 10.00 Å². The Morgan fingerprint density at radius 2 is 1.90 bits per heavy atom. The van der Waals surface area contributed by atoms with E-state index in [1.54, 1.807) is 37.3 Å². The van der Waals surface area contributed by atoms with Crippen LogP contribution in [0.5, 0.6) is 0 Å². The van der Waals surface area contributed by atoms with Crippen LogP contribution in [0.1, 0.15) is 36.6 Å². The van der Waals surface area contributed by atoms with Crippen LogP contribution in [-0.4, -0.2) is 23.8 Å². The SMILES string of the molecule is CCOC(=O)C1=C(C)NC(/C=C(\O)c2ccc(C#N)cc2)NC1c1ccccc1. The van der Waals surface area contributed by atoms with Gasteiger partial charge in [0.25, 0.3) is 0 Å². The Hall–Kier alpha value is -3.56. The molecule has 3 N–H and O–H groups in total. The number of nitrogens with zero attached hydrogens (tertiary/aromatic N) is 1. The fourth-order valence-electron chi connectivity index (χ4n) is 3.28. The molecule has 1 heterocycles. The van der Waals surface area contributed by atoms with Gasteiger partial charge in [-0.15, -0.1) is 0 Å². The highest BCUT2D eigenvalue weighted by molar-refractivity contribution is 5.91. The van der Waals surface area contributed by atoms with Gasteiger partial charge in [-0.2, -0.15) is 5.26 Å². The Kier molecular flexibility index (Phi) is 6.32. The Morgan fingerprint density at radius 3 is 2.52 bits per heavy atom. The van der Waals surface area contributed by atoms with Gasteiger partial charge in [-0.25, -0.2) is 4.79 Å². The number of allylic oxidation sites excluding steroid dienone is 1. The third kappa shape index (κ3) is 4.65. The lowest BCUT2D eigenvalue weighted by molar-refractivity contribution is -0.139. The van der Waals surface area contributed by atoms with Crippen LogP contribution in [0, 0.1) is 11.3 Å². The van der Waals surface area contributed by atoms with Gasteiger partial charge in [-0.1, -0.05) is 30.3 Å². The molecule has 0 saturated carbocycles. The number of aliphatic hydroxyl groups is 1. The summed E-state index contributed by atoms with van der Waals surface area (Å²) in [7, 11) is 0. The van der Waals surface area contributed by atoms with Gasteiger partial charge in [0.15, 0.2) is 0 Å². The van der Waals surface area contributed by atoms with Crippen molar-refractivity contribution in [1.29, 1.82) is 5.26 Å². The number of benzene rings is 2.